The van der Waals surface area contributed by atoms with Crippen LogP contribution in [-0.4, -0.2) is 14.5 Å². The van der Waals surface area contributed by atoms with Gasteiger partial charge in [-0.1, -0.05) is 12.1 Å². The molecule has 4 saturated carbocycles. The molecule has 1 aromatic carbocycles. The van der Waals surface area contributed by atoms with E-state index in [9.17, 15) is 12.8 Å². The normalized spacial score (nSPS) is 36.0. The molecule has 0 amide bonds. The molecule has 4 aliphatic rings. The third-order valence-electron chi connectivity index (χ3n) is 6.63. The predicted octanol–water partition coefficient (Wildman–Crippen LogP) is 3.85. The Morgan fingerprint density at radius 2 is 1.58 bits per heavy atom. The SMILES string of the molecule is CC(NS(=O)(=O)Cc1ccc(F)cc1)C12CC3CC(CC(C3)C1)C2. The number of sulfonamides is 1. The van der Waals surface area contributed by atoms with Crippen molar-refractivity contribution in [1.82, 2.24) is 4.72 Å². The summed E-state index contributed by atoms with van der Waals surface area (Å²) in [5.74, 6) is 2.00. The average Bonchev–Trinajstić information content (AvgIpc) is 2.47. The molecule has 1 atom stereocenters. The average molecular weight is 351 g/mol. The number of halogens is 1. The van der Waals surface area contributed by atoms with E-state index in [4.69, 9.17) is 0 Å². The highest BCUT2D eigenvalue weighted by atomic mass is 32.2. The fourth-order valence-corrected chi connectivity index (χ4v) is 7.45. The molecule has 24 heavy (non-hydrogen) atoms. The Bertz CT molecular complexity index is 678. The number of hydrogen-bond acceptors (Lipinski definition) is 2. The molecule has 4 bridgehead atoms. The van der Waals surface area contributed by atoms with Gasteiger partial charge in [0.2, 0.25) is 10.0 Å². The minimum Gasteiger partial charge on any atom is -0.212 e. The van der Waals surface area contributed by atoms with Crippen LogP contribution in [0.25, 0.3) is 0 Å². The summed E-state index contributed by atoms with van der Waals surface area (Å²) >= 11 is 0. The van der Waals surface area contributed by atoms with Crippen LogP contribution >= 0.6 is 0 Å². The van der Waals surface area contributed by atoms with Crippen LogP contribution in [0.4, 0.5) is 4.39 Å². The predicted molar refractivity (Wildman–Crippen MR) is 92.2 cm³/mol. The van der Waals surface area contributed by atoms with Gasteiger partial charge in [-0.3, -0.25) is 0 Å². The van der Waals surface area contributed by atoms with Crippen molar-refractivity contribution >= 4 is 10.0 Å². The largest absolute Gasteiger partial charge is 0.216 e. The zero-order chi connectivity index (χ0) is 16.9. The van der Waals surface area contributed by atoms with Crippen LogP contribution in [0.3, 0.4) is 0 Å². The summed E-state index contributed by atoms with van der Waals surface area (Å²) < 4.78 is 41.1. The van der Waals surface area contributed by atoms with Gasteiger partial charge in [-0.25, -0.2) is 17.5 Å². The second-order valence-electron chi connectivity index (χ2n) is 8.51. The Balaban J connectivity index is 1.47. The molecule has 0 aromatic heterocycles. The molecule has 5 heteroatoms. The third kappa shape index (κ3) is 3.13. The van der Waals surface area contributed by atoms with Crippen LogP contribution in [0, 0.1) is 29.0 Å². The van der Waals surface area contributed by atoms with Crippen molar-refractivity contribution in [1.29, 1.82) is 0 Å². The Hall–Kier alpha value is -0.940. The van der Waals surface area contributed by atoms with Crippen LogP contribution in [0.5, 0.6) is 0 Å². The molecular weight excluding hydrogens is 325 g/mol. The van der Waals surface area contributed by atoms with Gasteiger partial charge in [-0.15, -0.1) is 0 Å². The Labute approximate surface area is 144 Å². The summed E-state index contributed by atoms with van der Waals surface area (Å²) in [5, 5.41) is 0. The second-order valence-corrected chi connectivity index (χ2v) is 10.3. The van der Waals surface area contributed by atoms with E-state index in [-0.39, 0.29) is 23.0 Å². The summed E-state index contributed by atoms with van der Waals surface area (Å²) in [7, 11) is -3.41. The van der Waals surface area contributed by atoms with Gasteiger partial charge < -0.3 is 0 Å². The van der Waals surface area contributed by atoms with E-state index >= 15 is 0 Å². The summed E-state index contributed by atoms with van der Waals surface area (Å²) in [4.78, 5) is 0. The van der Waals surface area contributed by atoms with Crippen molar-refractivity contribution in [2.75, 3.05) is 0 Å². The van der Waals surface area contributed by atoms with Crippen molar-refractivity contribution in [2.45, 2.75) is 57.2 Å². The van der Waals surface area contributed by atoms with Crippen LogP contribution in [0.2, 0.25) is 0 Å². The number of rotatable bonds is 5. The van der Waals surface area contributed by atoms with Gasteiger partial charge in [0.25, 0.3) is 0 Å². The lowest BCUT2D eigenvalue weighted by Gasteiger charge is -2.59. The fourth-order valence-electron chi connectivity index (χ4n) is 5.94. The van der Waals surface area contributed by atoms with E-state index in [2.05, 4.69) is 11.6 Å². The van der Waals surface area contributed by atoms with Gasteiger partial charge in [0.05, 0.1) is 5.75 Å². The van der Waals surface area contributed by atoms with Crippen molar-refractivity contribution in [3.63, 3.8) is 0 Å². The van der Waals surface area contributed by atoms with Gasteiger partial charge in [0.1, 0.15) is 5.82 Å². The quantitative estimate of drug-likeness (QED) is 0.876. The molecule has 5 rings (SSSR count). The van der Waals surface area contributed by atoms with Gasteiger partial charge in [-0.05, 0) is 86.3 Å². The maximum absolute atomic E-state index is 13.0. The number of benzene rings is 1. The van der Waals surface area contributed by atoms with Gasteiger partial charge in [-0.2, -0.15) is 0 Å². The molecule has 1 aromatic rings. The first-order valence-corrected chi connectivity index (χ1v) is 10.7. The Morgan fingerprint density at radius 1 is 1.08 bits per heavy atom. The molecule has 1 unspecified atom stereocenters. The molecule has 0 spiro atoms. The van der Waals surface area contributed by atoms with E-state index in [1.165, 1.54) is 50.7 Å². The van der Waals surface area contributed by atoms with Crippen LogP contribution in [-0.2, 0) is 15.8 Å². The molecule has 3 nitrogen and oxygen atoms in total. The summed E-state index contributed by atoms with van der Waals surface area (Å²) in [6, 6.07) is 5.70. The van der Waals surface area contributed by atoms with Crippen molar-refractivity contribution < 1.29 is 12.8 Å². The van der Waals surface area contributed by atoms with Gasteiger partial charge in [0, 0.05) is 6.04 Å². The highest BCUT2D eigenvalue weighted by molar-refractivity contribution is 7.88. The Kier molecular flexibility index (Phi) is 4.00. The lowest BCUT2D eigenvalue weighted by molar-refractivity contribution is -0.0666. The molecule has 4 fully saturated rings. The van der Waals surface area contributed by atoms with E-state index in [0.717, 1.165) is 17.8 Å². The third-order valence-corrected chi connectivity index (χ3v) is 8.06. The topological polar surface area (TPSA) is 46.2 Å². The lowest BCUT2D eigenvalue weighted by Crippen LogP contribution is -2.55. The number of hydrogen-bond donors (Lipinski definition) is 1. The molecule has 132 valence electrons. The van der Waals surface area contributed by atoms with Gasteiger partial charge in [0.15, 0.2) is 0 Å². The van der Waals surface area contributed by atoms with Crippen LogP contribution in [0.1, 0.15) is 51.0 Å². The van der Waals surface area contributed by atoms with E-state index in [0.29, 0.717) is 5.56 Å². The first-order chi connectivity index (χ1) is 11.3. The highest BCUT2D eigenvalue weighted by Gasteiger charge is 2.53. The van der Waals surface area contributed by atoms with E-state index in [1.54, 1.807) is 12.1 Å². The summed E-state index contributed by atoms with van der Waals surface area (Å²) in [6.45, 7) is 2.05. The summed E-state index contributed by atoms with van der Waals surface area (Å²) in [5.41, 5.74) is 0.784. The zero-order valence-electron chi connectivity index (χ0n) is 14.2. The van der Waals surface area contributed by atoms with Crippen molar-refractivity contribution in [3.8, 4) is 0 Å². The van der Waals surface area contributed by atoms with Crippen molar-refractivity contribution in [3.05, 3.63) is 35.6 Å². The van der Waals surface area contributed by atoms with Gasteiger partial charge >= 0.3 is 0 Å². The first kappa shape index (κ1) is 16.5. The molecule has 0 saturated heterocycles. The fraction of sp³-hybridized carbons (Fsp3) is 0.684. The first-order valence-electron chi connectivity index (χ1n) is 9.08. The molecule has 0 heterocycles. The lowest BCUT2D eigenvalue weighted by atomic mass is 9.48. The Morgan fingerprint density at radius 3 is 2.08 bits per heavy atom. The maximum atomic E-state index is 13.0. The molecule has 0 aliphatic heterocycles. The monoisotopic (exact) mass is 351 g/mol. The minimum atomic E-state index is -3.41. The zero-order valence-corrected chi connectivity index (χ0v) is 15.0. The summed E-state index contributed by atoms with van der Waals surface area (Å²) in [6.07, 6.45) is 7.61. The minimum absolute atomic E-state index is 0.0173. The van der Waals surface area contributed by atoms with E-state index in [1.807, 2.05) is 0 Å². The molecular formula is C19H26FNO2S. The van der Waals surface area contributed by atoms with Crippen molar-refractivity contribution in [2.24, 2.45) is 23.2 Å². The highest BCUT2D eigenvalue weighted by Crippen LogP contribution is 2.61. The standard InChI is InChI=1S/C19H26FNO2S/c1-13(19-9-15-6-16(10-19)8-17(7-15)11-19)21-24(22,23)12-14-2-4-18(20)5-3-14/h2-5,13,15-17,21H,6-12H2,1H3. The molecule has 4 aliphatic carbocycles. The van der Waals surface area contributed by atoms with Crippen LogP contribution < -0.4 is 4.72 Å². The van der Waals surface area contributed by atoms with Crippen LogP contribution in [0.15, 0.2) is 24.3 Å². The smallest absolute Gasteiger partial charge is 0.212 e. The maximum Gasteiger partial charge on any atom is 0.216 e. The molecule has 1 N–H and O–H groups in total. The number of nitrogens with one attached hydrogen (secondary N) is 1. The molecule has 0 radical (unpaired) electrons. The second kappa shape index (κ2) is 5.80. The van der Waals surface area contributed by atoms with E-state index < -0.39 is 10.0 Å².